The Morgan fingerprint density at radius 3 is 2.28 bits per heavy atom. The van der Waals surface area contributed by atoms with E-state index in [1.165, 1.54) is 30.9 Å². The van der Waals surface area contributed by atoms with Gasteiger partial charge in [-0.3, -0.25) is 9.69 Å². The minimum Gasteiger partial charge on any atom is -0.444 e. The third kappa shape index (κ3) is 6.76. The van der Waals surface area contributed by atoms with Gasteiger partial charge in [0.15, 0.2) is 5.78 Å². The molecule has 0 spiro atoms. The van der Waals surface area contributed by atoms with Gasteiger partial charge in [-0.1, -0.05) is 18.2 Å². The number of benzene rings is 2. The van der Waals surface area contributed by atoms with Crippen molar-refractivity contribution in [2.24, 2.45) is 0 Å². The fourth-order valence-electron chi connectivity index (χ4n) is 4.33. The van der Waals surface area contributed by atoms with Crippen LogP contribution in [0.25, 0.3) is 0 Å². The Labute approximate surface area is 224 Å². The van der Waals surface area contributed by atoms with Gasteiger partial charge in [0.2, 0.25) is 0 Å². The number of rotatable bonds is 6. The van der Waals surface area contributed by atoms with Gasteiger partial charge in [0.1, 0.15) is 5.60 Å². The van der Waals surface area contributed by atoms with Crippen molar-refractivity contribution in [2.45, 2.75) is 52.4 Å². The first kappa shape index (κ1) is 29.2. The molecule has 0 saturated heterocycles. The molecule has 2 aromatic carbocycles. The molecule has 1 heterocycles. The second kappa shape index (κ2) is 11.2. The lowest BCUT2D eigenvalue weighted by atomic mass is 9.90. The number of alkyl halides is 3. The summed E-state index contributed by atoms with van der Waals surface area (Å²) in [6.45, 7) is 7.74. The van der Waals surface area contributed by atoms with Gasteiger partial charge in [-0.15, -0.1) is 0 Å². The fourth-order valence-corrected chi connectivity index (χ4v) is 4.33. The number of anilines is 1. The molecule has 8 nitrogen and oxygen atoms in total. The molecule has 0 saturated carbocycles. The monoisotopic (exact) mass is 542 g/mol. The molecular formula is C28H29F3N4O4. The Hall–Kier alpha value is -4.33. The number of ether oxygens (including phenoxy) is 1. The highest BCUT2D eigenvalue weighted by molar-refractivity contribution is 6.04. The number of carbonyl (C=O) groups is 3. The first-order valence-corrected chi connectivity index (χ1v) is 12.1. The molecule has 0 aromatic heterocycles. The minimum absolute atomic E-state index is 0.0607. The second-order valence-electron chi connectivity index (χ2n) is 9.98. The molecule has 11 heteroatoms. The van der Waals surface area contributed by atoms with Crippen molar-refractivity contribution < 1.29 is 32.3 Å². The SMILES string of the molecule is CC(=O)C1=C(C)N(c2cccc(C(F)(F)F)c2)C(=O)N(CCNC(=O)OC(C)(C)C)C1c1ccc(C#N)cc1. The predicted molar refractivity (Wildman–Crippen MR) is 138 cm³/mol. The van der Waals surface area contributed by atoms with Crippen molar-refractivity contribution in [3.63, 3.8) is 0 Å². The summed E-state index contributed by atoms with van der Waals surface area (Å²) >= 11 is 0. The number of ketones is 1. The molecule has 1 atom stereocenters. The first-order valence-electron chi connectivity index (χ1n) is 12.1. The summed E-state index contributed by atoms with van der Waals surface area (Å²) in [6, 6.07) is 11.0. The van der Waals surface area contributed by atoms with Gasteiger partial charge in [-0.25, -0.2) is 9.59 Å². The lowest BCUT2D eigenvalue weighted by Gasteiger charge is -2.43. The topological polar surface area (TPSA) is 103 Å². The molecule has 206 valence electrons. The van der Waals surface area contributed by atoms with Crippen molar-refractivity contribution in [1.29, 1.82) is 5.26 Å². The van der Waals surface area contributed by atoms with Gasteiger partial charge >= 0.3 is 18.3 Å². The second-order valence-corrected chi connectivity index (χ2v) is 9.98. The van der Waals surface area contributed by atoms with Crippen LogP contribution in [0.4, 0.5) is 28.4 Å². The van der Waals surface area contributed by atoms with E-state index < -0.39 is 41.3 Å². The smallest absolute Gasteiger partial charge is 0.416 e. The van der Waals surface area contributed by atoms with E-state index >= 15 is 0 Å². The molecule has 1 aliphatic rings. The Kier molecular flexibility index (Phi) is 8.39. The van der Waals surface area contributed by atoms with Crippen molar-refractivity contribution in [3.8, 4) is 6.07 Å². The number of allylic oxidation sites excluding steroid dienone is 1. The Balaban J connectivity index is 2.10. The number of urea groups is 1. The maximum absolute atomic E-state index is 13.9. The standard InChI is InChI=1S/C28H29F3N4O4/c1-17-23(18(2)36)24(20-11-9-19(16-32)10-12-20)34(14-13-33-25(37)39-27(3,4)5)26(38)35(17)22-8-6-7-21(15-22)28(29,30)31/h6-12,15,24H,13-14H2,1-5H3,(H,33,37). The van der Waals surface area contributed by atoms with Gasteiger partial charge in [-0.2, -0.15) is 18.4 Å². The Bertz CT molecular complexity index is 1340. The highest BCUT2D eigenvalue weighted by Gasteiger charge is 2.41. The Morgan fingerprint density at radius 1 is 1.10 bits per heavy atom. The van der Waals surface area contributed by atoms with Crippen LogP contribution in [0.2, 0.25) is 0 Å². The van der Waals surface area contributed by atoms with Crippen LogP contribution in [0.5, 0.6) is 0 Å². The van der Waals surface area contributed by atoms with Crippen LogP contribution in [-0.2, 0) is 15.7 Å². The summed E-state index contributed by atoms with van der Waals surface area (Å²) in [5.41, 5.74) is -0.501. The third-order valence-corrected chi connectivity index (χ3v) is 5.93. The number of carbonyl (C=O) groups excluding carboxylic acids is 3. The summed E-state index contributed by atoms with van der Waals surface area (Å²) in [6.07, 6.45) is -5.35. The van der Waals surface area contributed by atoms with Crippen molar-refractivity contribution in [1.82, 2.24) is 10.2 Å². The van der Waals surface area contributed by atoms with E-state index in [1.54, 1.807) is 45.0 Å². The van der Waals surface area contributed by atoms with E-state index in [0.717, 1.165) is 17.0 Å². The summed E-state index contributed by atoms with van der Waals surface area (Å²) < 4.78 is 45.6. The zero-order chi connectivity index (χ0) is 29.1. The highest BCUT2D eigenvalue weighted by atomic mass is 19.4. The number of nitrogens with zero attached hydrogens (tertiary/aromatic N) is 3. The van der Waals surface area contributed by atoms with Gasteiger partial charge in [0.05, 0.1) is 28.9 Å². The number of nitriles is 1. The zero-order valence-corrected chi connectivity index (χ0v) is 22.2. The van der Waals surface area contributed by atoms with E-state index in [2.05, 4.69) is 5.32 Å². The van der Waals surface area contributed by atoms with E-state index in [9.17, 15) is 32.8 Å². The van der Waals surface area contributed by atoms with Crippen LogP contribution in [0, 0.1) is 11.3 Å². The van der Waals surface area contributed by atoms with Gasteiger partial charge in [0, 0.05) is 24.4 Å². The molecule has 1 aliphatic heterocycles. The summed E-state index contributed by atoms with van der Waals surface area (Å²) in [4.78, 5) is 41.4. The number of nitrogens with one attached hydrogen (secondary N) is 1. The fraction of sp³-hybridized carbons (Fsp3) is 0.357. The lowest BCUT2D eigenvalue weighted by molar-refractivity contribution is -0.137. The molecule has 39 heavy (non-hydrogen) atoms. The summed E-state index contributed by atoms with van der Waals surface area (Å²) in [5, 5.41) is 11.8. The quantitative estimate of drug-likeness (QED) is 0.486. The zero-order valence-electron chi connectivity index (χ0n) is 22.2. The van der Waals surface area contributed by atoms with Crippen LogP contribution in [0.1, 0.15) is 57.4 Å². The summed E-state index contributed by atoms with van der Waals surface area (Å²) in [7, 11) is 0. The number of Topliss-reactive ketones (excluding diaryl/α,β-unsaturated/α-hetero) is 1. The predicted octanol–water partition coefficient (Wildman–Crippen LogP) is 5.95. The molecule has 1 unspecified atom stereocenters. The van der Waals surface area contributed by atoms with Gasteiger partial charge < -0.3 is 15.0 Å². The number of hydrogen-bond acceptors (Lipinski definition) is 5. The molecule has 3 amide bonds. The van der Waals surface area contributed by atoms with Crippen LogP contribution < -0.4 is 10.2 Å². The molecule has 0 radical (unpaired) electrons. The molecule has 1 N–H and O–H groups in total. The normalized spacial score (nSPS) is 16.2. The first-order chi connectivity index (χ1) is 18.1. The van der Waals surface area contributed by atoms with E-state index in [-0.39, 0.29) is 30.0 Å². The van der Waals surface area contributed by atoms with Crippen LogP contribution in [0.15, 0.2) is 59.8 Å². The van der Waals surface area contributed by atoms with E-state index in [4.69, 9.17) is 4.74 Å². The minimum atomic E-state index is -4.64. The van der Waals surface area contributed by atoms with Crippen molar-refractivity contribution in [3.05, 3.63) is 76.5 Å². The van der Waals surface area contributed by atoms with Crippen molar-refractivity contribution in [2.75, 3.05) is 18.0 Å². The molecule has 2 aromatic rings. The lowest BCUT2D eigenvalue weighted by Crippen LogP contribution is -2.52. The average Bonchev–Trinajstić information content (AvgIpc) is 2.83. The molecule has 0 aliphatic carbocycles. The maximum atomic E-state index is 13.9. The molecule has 3 rings (SSSR count). The largest absolute Gasteiger partial charge is 0.444 e. The summed E-state index contributed by atoms with van der Waals surface area (Å²) in [5.74, 6) is -0.392. The number of alkyl carbamates (subject to hydrolysis) is 1. The maximum Gasteiger partial charge on any atom is 0.416 e. The van der Waals surface area contributed by atoms with Crippen molar-refractivity contribution >= 4 is 23.6 Å². The Morgan fingerprint density at radius 2 is 1.74 bits per heavy atom. The third-order valence-electron chi connectivity index (χ3n) is 5.93. The average molecular weight is 543 g/mol. The molecule has 0 bridgehead atoms. The van der Waals surface area contributed by atoms with Crippen LogP contribution in [0.3, 0.4) is 0 Å². The van der Waals surface area contributed by atoms with E-state index in [0.29, 0.717) is 11.1 Å². The number of halogens is 3. The molecule has 0 fully saturated rings. The van der Waals surface area contributed by atoms with E-state index in [1.807, 2.05) is 6.07 Å². The van der Waals surface area contributed by atoms with Gasteiger partial charge in [0.25, 0.3) is 0 Å². The number of hydrogen-bond donors (Lipinski definition) is 1. The van der Waals surface area contributed by atoms with Crippen LogP contribution in [-0.4, -0.2) is 41.5 Å². The highest BCUT2D eigenvalue weighted by Crippen LogP contribution is 2.41. The van der Waals surface area contributed by atoms with Crippen LogP contribution >= 0.6 is 0 Å². The van der Waals surface area contributed by atoms with Gasteiger partial charge in [-0.05, 0) is 70.5 Å². The number of amides is 3. The molecular weight excluding hydrogens is 513 g/mol.